The second-order valence-corrected chi connectivity index (χ2v) is 4.53. The van der Waals surface area contributed by atoms with Crippen LogP contribution in [0.5, 0.6) is 0 Å². The van der Waals surface area contributed by atoms with Crippen LogP contribution in [0.15, 0.2) is 0 Å². The molecule has 0 spiro atoms. The van der Waals surface area contributed by atoms with Crippen LogP contribution in [0.3, 0.4) is 0 Å². The van der Waals surface area contributed by atoms with Crippen LogP contribution in [-0.4, -0.2) is 28.2 Å². The maximum Gasteiger partial charge on any atom is 0.309 e. The first-order valence-electron chi connectivity index (χ1n) is 6.10. The lowest BCUT2D eigenvalue weighted by Gasteiger charge is -2.16. The predicted octanol–water partition coefficient (Wildman–Crippen LogP) is 3.04. The quantitative estimate of drug-likeness (QED) is 0.463. The Labute approximate surface area is 103 Å². The van der Waals surface area contributed by atoms with Crippen molar-refractivity contribution in [3.05, 3.63) is 0 Å². The fourth-order valence-electron chi connectivity index (χ4n) is 1.73. The highest BCUT2D eigenvalue weighted by molar-refractivity contribution is 6.18. The van der Waals surface area contributed by atoms with Gasteiger partial charge in [-0.15, -0.1) is 11.6 Å². The number of carboxylic acids is 1. The molecule has 0 bridgehead atoms. The Kier molecular flexibility index (Phi) is 9.74. The van der Waals surface area contributed by atoms with Gasteiger partial charge < -0.3 is 10.2 Å². The third-order valence-electron chi connectivity index (χ3n) is 2.81. The number of alkyl halides is 1. The molecule has 0 aromatic heterocycles. The first-order chi connectivity index (χ1) is 7.63. The van der Waals surface area contributed by atoms with Crippen molar-refractivity contribution < 1.29 is 15.0 Å². The molecule has 3 nitrogen and oxygen atoms in total. The van der Waals surface area contributed by atoms with Gasteiger partial charge in [-0.05, 0) is 6.42 Å². The van der Waals surface area contributed by atoms with Crippen molar-refractivity contribution in [1.29, 1.82) is 0 Å². The number of carbonyl (C=O) groups is 1. The van der Waals surface area contributed by atoms with E-state index in [0.29, 0.717) is 6.42 Å². The Morgan fingerprint density at radius 3 is 2.25 bits per heavy atom. The van der Waals surface area contributed by atoms with Crippen molar-refractivity contribution in [2.24, 2.45) is 5.92 Å². The van der Waals surface area contributed by atoms with Crippen molar-refractivity contribution in [3.8, 4) is 0 Å². The van der Waals surface area contributed by atoms with Gasteiger partial charge in [0.15, 0.2) is 0 Å². The van der Waals surface area contributed by atoms with Gasteiger partial charge >= 0.3 is 5.97 Å². The van der Waals surface area contributed by atoms with E-state index in [1.54, 1.807) is 0 Å². The van der Waals surface area contributed by atoms with Gasteiger partial charge in [0, 0.05) is 5.88 Å². The molecule has 0 amide bonds. The minimum Gasteiger partial charge on any atom is -0.481 e. The topological polar surface area (TPSA) is 57.5 Å². The molecule has 0 rings (SSSR count). The number of hydrogen-bond acceptors (Lipinski definition) is 2. The van der Waals surface area contributed by atoms with Crippen LogP contribution in [0.2, 0.25) is 0 Å². The minimum atomic E-state index is -0.943. The van der Waals surface area contributed by atoms with Gasteiger partial charge in [0.05, 0.1) is 12.0 Å². The van der Waals surface area contributed by atoms with Crippen LogP contribution in [0, 0.1) is 5.92 Å². The molecule has 4 heteroatoms. The van der Waals surface area contributed by atoms with Crippen molar-refractivity contribution in [2.45, 2.75) is 58.0 Å². The Morgan fingerprint density at radius 2 is 1.75 bits per heavy atom. The summed E-state index contributed by atoms with van der Waals surface area (Å²) in [5, 5.41) is 18.3. The molecule has 16 heavy (non-hydrogen) atoms. The number of aliphatic hydroxyl groups excluding tert-OH is 1. The normalized spacial score (nSPS) is 14.7. The largest absolute Gasteiger partial charge is 0.481 e. The van der Waals surface area contributed by atoms with Crippen LogP contribution >= 0.6 is 11.6 Å². The number of unbranched alkanes of at least 4 members (excludes halogenated alkanes) is 5. The second kappa shape index (κ2) is 9.91. The summed E-state index contributed by atoms with van der Waals surface area (Å²) < 4.78 is 0. The Bertz CT molecular complexity index is 185. The summed E-state index contributed by atoms with van der Waals surface area (Å²) in [6.07, 6.45) is 6.32. The average Bonchev–Trinajstić information content (AvgIpc) is 2.26. The van der Waals surface area contributed by atoms with E-state index in [-0.39, 0.29) is 5.88 Å². The highest BCUT2D eigenvalue weighted by Crippen LogP contribution is 2.16. The van der Waals surface area contributed by atoms with E-state index in [1.165, 1.54) is 19.3 Å². The van der Waals surface area contributed by atoms with Crippen LogP contribution in [0.4, 0.5) is 0 Å². The number of rotatable bonds is 10. The molecule has 96 valence electrons. The maximum atomic E-state index is 10.8. The molecule has 2 unspecified atom stereocenters. The zero-order valence-electron chi connectivity index (χ0n) is 9.99. The van der Waals surface area contributed by atoms with Crippen LogP contribution in [0.1, 0.15) is 51.9 Å². The zero-order valence-corrected chi connectivity index (χ0v) is 10.7. The highest BCUT2D eigenvalue weighted by atomic mass is 35.5. The number of hydrogen-bond donors (Lipinski definition) is 2. The van der Waals surface area contributed by atoms with Crippen LogP contribution in [-0.2, 0) is 4.79 Å². The molecule has 0 aliphatic heterocycles. The summed E-state index contributed by atoms with van der Waals surface area (Å²) >= 11 is 5.46. The molecule has 0 fully saturated rings. The lowest BCUT2D eigenvalue weighted by molar-refractivity contribution is -0.145. The van der Waals surface area contributed by atoms with Crippen LogP contribution < -0.4 is 0 Å². The lowest BCUT2D eigenvalue weighted by Crippen LogP contribution is -2.29. The fraction of sp³-hybridized carbons (Fsp3) is 0.917. The van der Waals surface area contributed by atoms with E-state index in [1.807, 2.05) is 0 Å². The third kappa shape index (κ3) is 7.07. The van der Waals surface area contributed by atoms with Gasteiger partial charge in [0.25, 0.3) is 0 Å². The van der Waals surface area contributed by atoms with Gasteiger partial charge in [-0.2, -0.15) is 0 Å². The maximum absolute atomic E-state index is 10.8. The molecule has 0 saturated heterocycles. The predicted molar refractivity (Wildman–Crippen MR) is 65.8 cm³/mol. The standard InChI is InChI=1S/C12H23ClO3/c1-2-3-4-5-6-7-8-10(12(15)16)11(14)9-13/h10-11,14H,2-9H2,1H3,(H,15,16). The smallest absolute Gasteiger partial charge is 0.309 e. The van der Waals surface area contributed by atoms with Gasteiger partial charge in [-0.25, -0.2) is 0 Å². The summed E-state index contributed by atoms with van der Waals surface area (Å²) in [6, 6.07) is 0. The van der Waals surface area contributed by atoms with E-state index in [9.17, 15) is 9.90 Å². The summed E-state index contributed by atoms with van der Waals surface area (Å²) in [7, 11) is 0. The SMILES string of the molecule is CCCCCCCCC(C(=O)O)C(O)CCl. The first-order valence-corrected chi connectivity index (χ1v) is 6.63. The van der Waals surface area contributed by atoms with E-state index in [4.69, 9.17) is 16.7 Å². The minimum absolute atomic E-state index is 0.00714. The molecule has 0 aliphatic carbocycles. The number of aliphatic hydroxyl groups is 1. The summed E-state index contributed by atoms with van der Waals surface area (Å²) in [5.74, 6) is -1.65. The molecule has 0 heterocycles. The Morgan fingerprint density at radius 1 is 1.19 bits per heavy atom. The lowest BCUT2D eigenvalue weighted by atomic mass is 9.96. The summed E-state index contributed by atoms with van der Waals surface area (Å²) in [6.45, 7) is 2.16. The van der Waals surface area contributed by atoms with Gasteiger partial charge in [0.2, 0.25) is 0 Å². The van der Waals surface area contributed by atoms with E-state index in [2.05, 4.69) is 6.92 Å². The monoisotopic (exact) mass is 250 g/mol. The van der Waals surface area contributed by atoms with Gasteiger partial charge in [-0.1, -0.05) is 45.4 Å². The molecular weight excluding hydrogens is 228 g/mol. The molecular formula is C12H23ClO3. The van der Waals surface area contributed by atoms with Crippen molar-refractivity contribution in [2.75, 3.05) is 5.88 Å². The molecule has 2 N–H and O–H groups in total. The highest BCUT2D eigenvalue weighted by Gasteiger charge is 2.24. The van der Waals surface area contributed by atoms with Crippen molar-refractivity contribution in [1.82, 2.24) is 0 Å². The number of carboxylic acid groups (broad SMARTS) is 1. The second-order valence-electron chi connectivity index (χ2n) is 4.22. The van der Waals surface area contributed by atoms with E-state index in [0.717, 1.165) is 19.3 Å². The molecule has 0 aromatic carbocycles. The van der Waals surface area contributed by atoms with Gasteiger partial charge in [0.1, 0.15) is 0 Å². The number of halogens is 1. The summed E-state index contributed by atoms with van der Waals surface area (Å²) in [5.41, 5.74) is 0. The van der Waals surface area contributed by atoms with Crippen LogP contribution in [0.25, 0.3) is 0 Å². The molecule has 0 radical (unpaired) electrons. The number of aliphatic carboxylic acids is 1. The van der Waals surface area contributed by atoms with Crippen molar-refractivity contribution >= 4 is 17.6 Å². The Balaban J connectivity index is 3.65. The molecule has 0 aliphatic rings. The average molecular weight is 251 g/mol. The molecule has 0 aromatic rings. The van der Waals surface area contributed by atoms with Gasteiger partial charge in [-0.3, -0.25) is 4.79 Å². The van der Waals surface area contributed by atoms with E-state index < -0.39 is 18.0 Å². The Hall–Kier alpha value is -0.280. The van der Waals surface area contributed by atoms with E-state index >= 15 is 0 Å². The third-order valence-corrected chi connectivity index (χ3v) is 3.12. The van der Waals surface area contributed by atoms with Crippen molar-refractivity contribution in [3.63, 3.8) is 0 Å². The summed E-state index contributed by atoms with van der Waals surface area (Å²) in [4.78, 5) is 10.8. The molecule has 0 saturated carbocycles. The zero-order chi connectivity index (χ0) is 12.4. The molecule has 2 atom stereocenters. The first kappa shape index (κ1) is 15.7. The fourth-order valence-corrected chi connectivity index (χ4v) is 1.95.